The van der Waals surface area contributed by atoms with Crippen molar-refractivity contribution >= 4 is 11.6 Å². The van der Waals surface area contributed by atoms with Crippen LogP contribution < -0.4 is 0 Å². The number of aryl methyl sites for hydroxylation is 1. The number of halogens is 1. The van der Waals surface area contributed by atoms with Gasteiger partial charge in [-0.25, -0.2) is 0 Å². The van der Waals surface area contributed by atoms with Crippen LogP contribution in [0.1, 0.15) is 43.5 Å². The van der Waals surface area contributed by atoms with Gasteiger partial charge in [0.1, 0.15) is 0 Å². The van der Waals surface area contributed by atoms with Crippen molar-refractivity contribution in [2.45, 2.75) is 39.0 Å². The van der Waals surface area contributed by atoms with Crippen LogP contribution in [0, 0.1) is 12.8 Å². The lowest BCUT2D eigenvalue weighted by atomic mass is 10.0. The average Bonchev–Trinajstić information content (AvgIpc) is 2.14. The van der Waals surface area contributed by atoms with E-state index in [0.717, 1.165) is 24.2 Å². The zero-order chi connectivity index (χ0) is 10.6. The lowest BCUT2D eigenvalue weighted by Crippen LogP contribution is -1.98. The van der Waals surface area contributed by atoms with Gasteiger partial charge in [-0.05, 0) is 37.8 Å². The van der Waals surface area contributed by atoms with Gasteiger partial charge in [0.05, 0.1) is 11.1 Å². The molecule has 78 valence electrons. The van der Waals surface area contributed by atoms with Gasteiger partial charge in [-0.15, -0.1) is 11.6 Å². The molecule has 1 aromatic heterocycles. The Morgan fingerprint density at radius 1 is 1.29 bits per heavy atom. The summed E-state index contributed by atoms with van der Waals surface area (Å²) in [4.78, 5) is 4.42. The molecule has 14 heavy (non-hydrogen) atoms. The number of rotatable bonds is 4. The van der Waals surface area contributed by atoms with Crippen molar-refractivity contribution in [1.29, 1.82) is 0 Å². The third-order valence-corrected chi connectivity index (χ3v) is 2.67. The fraction of sp³-hybridized carbons (Fsp3) is 0.583. The minimum atomic E-state index is 0.0669. The molecule has 1 rings (SSSR count). The molecule has 0 N–H and O–H groups in total. The highest BCUT2D eigenvalue weighted by Crippen LogP contribution is 2.25. The van der Waals surface area contributed by atoms with Gasteiger partial charge in [-0.2, -0.15) is 0 Å². The minimum Gasteiger partial charge on any atom is -0.257 e. The number of aromatic nitrogens is 1. The molecule has 2 heteroatoms. The highest BCUT2D eigenvalue weighted by atomic mass is 35.5. The Bertz CT molecular complexity index is 283. The first-order chi connectivity index (χ1) is 6.59. The summed E-state index contributed by atoms with van der Waals surface area (Å²) in [6.07, 6.45) is 2.17. The van der Waals surface area contributed by atoms with Crippen LogP contribution in [-0.2, 0) is 0 Å². The number of nitrogens with zero attached hydrogens (tertiary/aromatic N) is 1. The van der Waals surface area contributed by atoms with Gasteiger partial charge >= 0.3 is 0 Å². The highest BCUT2D eigenvalue weighted by Gasteiger charge is 2.09. The van der Waals surface area contributed by atoms with E-state index < -0.39 is 0 Å². The van der Waals surface area contributed by atoms with E-state index in [2.05, 4.69) is 18.8 Å². The molecule has 0 aliphatic rings. The second kappa shape index (κ2) is 5.35. The Kier molecular flexibility index (Phi) is 4.40. The van der Waals surface area contributed by atoms with E-state index >= 15 is 0 Å². The summed E-state index contributed by atoms with van der Waals surface area (Å²) in [7, 11) is 0. The number of hydrogen-bond donors (Lipinski definition) is 0. The van der Waals surface area contributed by atoms with Crippen molar-refractivity contribution in [3.63, 3.8) is 0 Å². The van der Waals surface area contributed by atoms with Crippen LogP contribution in [0.5, 0.6) is 0 Å². The summed E-state index contributed by atoms with van der Waals surface area (Å²) < 4.78 is 0. The summed E-state index contributed by atoms with van der Waals surface area (Å²) in [5.41, 5.74) is 2.05. The molecular weight excluding hydrogens is 194 g/mol. The molecule has 0 aliphatic heterocycles. The predicted octanol–water partition coefficient (Wildman–Crippen LogP) is 4.11. The largest absolute Gasteiger partial charge is 0.257 e. The quantitative estimate of drug-likeness (QED) is 0.684. The molecule has 1 atom stereocenters. The van der Waals surface area contributed by atoms with Crippen molar-refractivity contribution in [3.8, 4) is 0 Å². The monoisotopic (exact) mass is 211 g/mol. The second-order valence-electron chi connectivity index (χ2n) is 4.14. The Morgan fingerprint density at radius 2 is 2.00 bits per heavy atom. The molecule has 0 saturated carbocycles. The van der Waals surface area contributed by atoms with Crippen LogP contribution >= 0.6 is 11.6 Å². The topological polar surface area (TPSA) is 12.9 Å². The summed E-state index contributed by atoms with van der Waals surface area (Å²) >= 11 is 6.26. The second-order valence-corrected chi connectivity index (χ2v) is 4.67. The standard InChI is InChI=1S/C12H18ClN/c1-9(2)7-8-11(13)12-6-4-5-10(3)14-12/h4-6,9,11H,7-8H2,1-3H3. The predicted molar refractivity (Wildman–Crippen MR) is 61.6 cm³/mol. The van der Waals surface area contributed by atoms with E-state index in [1.54, 1.807) is 0 Å². The SMILES string of the molecule is Cc1cccc(C(Cl)CCC(C)C)n1. The maximum Gasteiger partial charge on any atom is 0.0757 e. The summed E-state index contributed by atoms with van der Waals surface area (Å²) in [6, 6.07) is 6.02. The molecule has 0 aromatic carbocycles. The van der Waals surface area contributed by atoms with E-state index in [-0.39, 0.29) is 5.38 Å². The smallest absolute Gasteiger partial charge is 0.0757 e. The zero-order valence-corrected chi connectivity index (χ0v) is 9.88. The molecule has 0 radical (unpaired) electrons. The van der Waals surface area contributed by atoms with Crippen LogP contribution in [0.2, 0.25) is 0 Å². The number of alkyl halides is 1. The number of hydrogen-bond acceptors (Lipinski definition) is 1. The highest BCUT2D eigenvalue weighted by molar-refractivity contribution is 6.20. The molecular formula is C12H18ClN. The summed E-state index contributed by atoms with van der Waals surface area (Å²) in [5, 5.41) is 0.0669. The maximum absolute atomic E-state index is 6.26. The summed E-state index contributed by atoms with van der Waals surface area (Å²) in [5.74, 6) is 0.709. The van der Waals surface area contributed by atoms with Crippen LogP contribution in [0.4, 0.5) is 0 Å². The van der Waals surface area contributed by atoms with Gasteiger partial charge in [0.25, 0.3) is 0 Å². The van der Waals surface area contributed by atoms with Crippen molar-refractivity contribution in [2.24, 2.45) is 5.92 Å². The van der Waals surface area contributed by atoms with Crippen molar-refractivity contribution in [2.75, 3.05) is 0 Å². The normalized spacial score (nSPS) is 13.2. The van der Waals surface area contributed by atoms with Gasteiger partial charge in [-0.1, -0.05) is 19.9 Å². The molecule has 0 spiro atoms. The maximum atomic E-state index is 6.26. The Labute approximate surface area is 91.5 Å². The Morgan fingerprint density at radius 3 is 2.57 bits per heavy atom. The van der Waals surface area contributed by atoms with Gasteiger partial charge in [0, 0.05) is 5.69 Å². The average molecular weight is 212 g/mol. The molecule has 1 nitrogen and oxygen atoms in total. The minimum absolute atomic E-state index is 0.0669. The zero-order valence-electron chi connectivity index (χ0n) is 9.13. The third kappa shape index (κ3) is 3.67. The van der Waals surface area contributed by atoms with E-state index in [9.17, 15) is 0 Å². The van der Waals surface area contributed by atoms with Crippen molar-refractivity contribution in [1.82, 2.24) is 4.98 Å². The molecule has 0 bridgehead atoms. The fourth-order valence-corrected chi connectivity index (χ4v) is 1.61. The van der Waals surface area contributed by atoms with E-state index in [1.165, 1.54) is 0 Å². The van der Waals surface area contributed by atoms with Gasteiger partial charge in [0.15, 0.2) is 0 Å². The first kappa shape index (κ1) is 11.5. The Balaban J connectivity index is 2.56. The lowest BCUT2D eigenvalue weighted by Gasteiger charge is -2.10. The van der Waals surface area contributed by atoms with Crippen LogP contribution in [0.25, 0.3) is 0 Å². The lowest BCUT2D eigenvalue weighted by molar-refractivity contribution is 0.546. The Hall–Kier alpha value is -0.560. The third-order valence-electron chi connectivity index (χ3n) is 2.23. The molecule has 0 aliphatic carbocycles. The first-order valence-corrected chi connectivity index (χ1v) is 5.61. The molecule has 1 heterocycles. The molecule has 0 fully saturated rings. The van der Waals surface area contributed by atoms with Gasteiger partial charge < -0.3 is 0 Å². The van der Waals surface area contributed by atoms with Gasteiger partial charge in [0.2, 0.25) is 0 Å². The molecule has 1 aromatic rings. The van der Waals surface area contributed by atoms with E-state index in [1.807, 2.05) is 25.1 Å². The van der Waals surface area contributed by atoms with Crippen LogP contribution in [0.15, 0.2) is 18.2 Å². The number of pyridine rings is 1. The van der Waals surface area contributed by atoms with E-state index in [0.29, 0.717) is 5.92 Å². The molecule has 0 saturated heterocycles. The summed E-state index contributed by atoms with van der Waals surface area (Å²) in [6.45, 7) is 6.43. The van der Waals surface area contributed by atoms with Crippen molar-refractivity contribution in [3.05, 3.63) is 29.6 Å². The van der Waals surface area contributed by atoms with E-state index in [4.69, 9.17) is 11.6 Å². The molecule has 1 unspecified atom stereocenters. The van der Waals surface area contributed by atoms with Crippen molar-refractivity contribution < 1.29 is 0 Å². The first-order valence-electron chi connectivity index (χ1n) is 5.17. The molecule has 0 amide bonds. The fourth-order valence-electron chi connectivity index (χ4n) is 1.37. The van der Waals surface area contributed by atoms with Gasteiger partial charge in [-0.3, -0.25) is 4.98 Å². The van der Waals surface area contributed by atoms with Crippen LogP contribution in [-0.4, -0.2) is 4.98 Å². The van der Waals surface area contributed by atoms with Crippen LogP contribution in [0.3, 0.4) is 0 Å².